The van der Waals surface area contributed by atoms with Gasteiger partial charge in [-0.2, -0.15) is 0 Å². The highest BCUT2D eigenvalue weighted by atomic mass is 19.3. The first-order valence-electron chi connectivity index (χ1n) is 11.4. The fraction of sp³-hybridized carbons (Fsp3) is 0.440. The summed E-state index contributed by atoms with van der Waals surface area (Å²) in [6.07, 6.45) is -3.16. The van der Waals surface area contributed by atoms with E-state index in [0.29, 0.717) is 6.07 Å². The first kappa shape index (κ1) is 25.8. The molecule has 1 saturated carbocycles. The predicted octanol–water partition coefficient (Wildman–Crippen LogP) is 5.01. The molecule has 0 spiro atoms. The van der Waals surface area contributed by atoms with Crippen molar-refractivity contribution < 1.29 is 40.7 Å². The number of alkyl halides is 3. The largest absolute Gasteiger partial charge is 0.450 e. The zero-order chi connectivity index (χ0) is 26.2. The van der Waals surface area contributed by atoms with E-state index in [1.807, 2.05) is 0 Å². The summed E-state index contributed by atoms with van der Waals surface area (Å²) in [6, 6.07) is 5.38. The summed E-state index contributed by atoms with van der Waals surface area (Å²) < 4.78 is 91.0. The Morgan fingerprint density at radius 3 is 2.36 bits per heavy atom. The molecule has 5 nitrogen and oxygen atoms in total. The van der Waals surface area contributed by atoms with Gasteiger partial charge in [0.05, 0.1) is 13.2 Å². The number of ether oxygens (including phenoxy) is 1. The van der Waals surface area contributed by atoms with Gasteiger partial charge in [0, 0.05) is 29.5 Å². The number of nitrogens with two attached hydrogens (primary N) is 1. The van der Waals surface area contributed by atoms with Gasteiger partial charge in [-0.05, 0) is 48.9 Å². The number of amides is 2. The molecule has 2 aromatic rings. The highest BCUT2D eigenvalue weighted by molar-refractivity contribution is 5.81. The number of likely N-dealkylation sites (tertiary alicyclic amines) is 1. The monoisotopic (exact) mass is 514 g/mol. The Balaban J connectivity index is 1.66. The minimum absolute atomic E-state index is 0.0459. The molecule has 2 N–H and O–H groups in total. The van der Waals surface area contributed by atoms with E-state index >= 15 is 13.2 Å². The van der Waals surface area contributed by atoms with Gasteiger partial charge in [0.1, 0.15) is 23.6 Å². The van der Waals surface area contributed by atoms with Crippen LogP contribution in [0.4, 0.5) is 31.1 Å². The van der Waals surface area contributed by atoms with Crippen molar-refractivity contribution in [3.05, 3.63) is 59.4 Å². The number of primary amides is 1. The molecular formula is C25H24F6N2O3. The second-order valence-electron chi connectivity index (χ2n) is 9.26. The topological polar surface area (TPSA) is 72.6 Å². The number of benzene rings is 2. The molecule has 2 aliphatic rings. The summed E-state index contributed by atoms with van der Waals surface area (Å²) in [5.41, 5.74) is 4.66. The quantitative estimate of drug-likeness (QED) is 0.528. The molecule has 0 bridgehead atoms. The van der Waals surface area contributed by atoms with Crippen molar-refractivity contribution in [1.82, 2.24) is 4.90 Å². The second kappa shape index (κ2) is 10.0. The number of carbonyl (C=O) groups is 2. The SMILES string of the molecule is NC(=O)OCCC1[C@H](Cc2cccc(-c3cc(F)cc(F)c3)c2F)N(C(=O)C2CC(F)C2)CC1(F)F. The van der Waals surface area contributed by atoms with E-state index in [1.165, 1.54) is 18.2 Å². The Bertz CT molecular complexity index is 1130. The highest BCUT2D eigenvalue weighted by Gasteiger charge is 2.56. The van der Waals surface area contributed by atoms with E-state index < -0.39 is 72.6 Å². The Morgan fingerprint density at radius 2 is 1.75 bits per heavy atom. The van der Waals surface area contributed by atoms with Crippen LogP contribution < -0.4 is 5.73 Å². The number of nitrogens with zero attached hydrogens (tertiary/aromatic N) is 1. The summed E-state index contributed by atoms with van der Waals surface area (Å²) in [6.45, 7) is -1.38. The smallest absolute Gasteiger partial charge is 0.404 e. The van der Waals surface area contributed by atoms with Gasteiger partial charge >= 0.3 is 6.09 Å². The molecule has 0 radical (unpaired) electrons. The molecule has 0 aromatic heterocycles. The molecular weight excluding hydrogens is 490 g/mol. The van der Waals surface area contributed by atoms with Gasteiger partial charge in [-0.25, -0.2) is 31.1 Å². The lowest BCUT2D eigenvalue weighted by atomic mass is 9.82. The van der Waals surface area contributed by atoms with Gasteiger partial charge in [-0.3, -0.25) is 4.79 Å². The Morgan fingerprint density at radius 1 is 1.08 bits per heavy atom. The van der Waals surface area contributed by atoms with Crippen molar-refractivity contribution in [1.29, 1.82) is 0 Å². The molecule has 36 heavy (non-hydrogen) atoms. The van der Waals surface area contributed by atoms with Crippen molar-refractivity contribution in [3.8, 4) is 11.1 Å². The molecule has 1 unspecified atom stereocenters. The van der Waals surface area contributed by atoms with Crippen LogP contribution in [0.2, 0.25) is 0 Å². The highest BCUT2D eigenvalue weighted by Crippen LogP contribution is 2.44. The summed E-state index contributed by atoms with van der Waals surface area (Å²) in [5.74, 6) is -8.98. The molecule has 2 amide bonds. The first-order valence-corrected chi connectivity index (χ1v) is 11.4. The van der Waals surface area contributed by atoms with Gasteiger partial charge in [0.2, 0.25) is 5.91 Å². The van der Waals surface area contributed by atoms with E-state index in [2.05, 4.69) is 4.74 Å². The molecule has 11 heteroatoms. The lowest BCUT2D eigenvalue weighted by molar-refractivity contribution is -0.142. The molecule has 1 aliphatic heterocycles. The molecule has 1 aliphatic carbocycles. The van der Waals surface area contributed by atoms with Crippen LogP contribution in [-0.4, -0.2) is 48.2 Å². The van der Waals surface area contributed by atoms with E-state index in [4.69, 9.17) is 5.73 Å². The van der Waals surface area contributed by atoms with Crippen molar-refractivity contribution in [2.24, 2.45) is 17.6 Å². The van der Waals surface area contributed by atoms with Crippen LogP contribution in [0, 0.1) is 29.3 Å². The standard InChI is InChI=1S/C25H24F6N2O3/c26-16-8-15(9-16)23(34)33-12-25(30,31)20(4-5-36-24(32)35)21(33)10-13-2-1-3-19(22(13)29)14-6-17(27)11-18(28)7-14/h1-3,6-7,11,15-16,20-21H,4-5,8-10,12H2,(H2,32,35)/t15?,16?,20?,21-/m0/s1. The first-order chi connectivity index (χ1) is 17.0. The van der Waals surface area contributed by atoms with E-state index in [9.17, 15) is 22.8 Å². The molecule has 1 heterocycles. The van der Waals surface area contributed by atoms with Crippen LogP contribution in [0.15, 0.2) is 36.4 Å². The van der Waals surface area contributed by atoms with Crippen molar-refractivity contribution in [3.63, 3.8) is 0 Å². The van der Waals surface area contributed by atoms with Crippen LogP contribution in [0.3, 0.4) is 0 Å². The molecule has 194 valence electrons. The maximum absolute atomic E-state index is 15.5. The van der Waals surface area contributed by atoms with Gasteiger partial charge in [-0.15, -0.1) is 0 Å². The predicted molar refractivity (Wildman–Crippen MR) is 117 cm³/mol. The number of rotatable bonds is 7. The van der Waals surface area contributed by atoms with Crippen LogP contribution >= 0.6 is 0 Å². The fourth-order valence-electron chi connectivity index (χ4n) is 5.02. The second-order valence-corrected chi connectivity index (χ2v) is 9.26. The third kappa shape index (κ3) is 5.29. The van der Waals surface area contributed by atoms with Gasteiger partial charge in [0.25, 0.3) is 5.92 Å². The molecule has 2 atom stereocenters. The normalized spacial score (nSPS) is 24.9. The molecule has 1 saturated heterocycles. The minimum Gasteiger partial charge on any atom is -0.450 e. The van der Waals surface area contributed by atoms with Crippen LogP contribution in [-0.2, 0) is 16.0 Å². The van der Waals surface area contributed by atoms with Gasteiger partial charge in [-0.1, -0.05) is 18.2 Å². The maximum atomic E-state index is 15.5. The van der Waals surface area contributed by atoms with Crippen molar-refractivity contribution >= 4 is 12.0 Å². The average Bonchev–Trinajstić information content (AvgIpc) is 3.01. The van der Waals surface area contributed by atoms with Crippen LogP contribution in [0.1, 0.15) is 24.8 Å². The lowest BCUT2D eigenvalue weighted by Gasteiger charge is -2.35. The van der Waals surface area contributed by atoms with E-state index in [0.717, 1.165) is 17.0 Å². The van der Waals surface area contributed by atoms with Crippen molar-refractivity contribution in [2.45, 2.75) is 43.8 Å². The lowest BCUT2D eigenvalue weighted by Crippen LogP contribution is -2.46. The van der Waals surface area contributed by atoms with E-state index in [-0.39, 0.29) is 42.4 Å². The summed E-state index contributed by atoms with van der Waals surface area (Å²) in [5, 5.41) is 0. The molecule has 2 fully saturated rings. The van der Waals surface area contributed by atoms with Crippen molar-refractivity contribution in [2.75, 3.05) is 13.2 Å². The van der Waals surface area contributed by atoms with Gasteiger partial charge < -0.3 is 15.4 Å². The zero-order valence-corrected chi connectivity index (χ0v) is 19.0. The number of hydrogen-bond donors (Lipinski definition) is 1. The molecule has 2 aromatic carbocycles. The van der Waals surface area contributed by atoms with Crippen LogP contribution in [0.5, 0.6) is 0 Å². The van der Waals surface area contributed by atoms with Gasteiger partial charge in [0.15, 0.2) is 0 Å². The Kier molecular flexibility index (Phi) is 7.19. The summed E-state index contributed by atoms with van der Waals surface area (Å²) >= 11 is 0. The Labute approximate surface area is 203 Å². The van der Waals surface area contributed by atoms with E-state index in [1.54, 1.807) is 0 Å². The third-order valence-electron chi connectivity index (χ3n) is 6.86. The fourth-order valence-corrected chi connectivity index (χ4v) is 5.02. The number of halogens is 6. The minimum atomic E-state index is -3.39. The zero-order valence-electron chi connectivity index (χ0n) is 19.0. The number of hydrogen-bond acceptors (Lipinski definition) is 3. The Hall–Kier alpha value is -3.24. The third-order valence-corrected chi connectivity index (χ3v) is 6.86. The van der Waals surface area contributed by atoms with Crippen LogP contribution in [0.25, 0.3) is 11.1 Å². The molecule has 4 rings (SSSR count). The number of carbonyl (C=O) groups excluding carboxylic acids is 2. The summed E-state index contributed by atoms with van der Waals surface area (Å²) in [7, 11) is 0. The average molecular weight is 514 g/mol. The summed E-state index contributed by atoms with van der Waals surface area (Å²) in [4.78, 5) is 24.9. The maximum Gasteiger partial charge on any atom is 0.404 e.